The van der Waals surface area contributed by atoms with E-state index < -0.39 is 21.1 Å². The highest BCUT2D eigenvalue weighted by Crippen LogP contribution is 2.49. The van der Waals surface area contributed by atoms with Gasteiger partial charge in [-0.2, -0.15) is 13.5 Å². The van der Waals surface area contributed by atoms with Gasteiger partial charge in [0.15, 0.2) is 29.0 Å². The Morgan fingerprint density at radius 1 is 0.780 bits per heavy atom. The van der Waals surface area contributed by atoms with Crippen LogP contribution < -0.4 is 18.7 Å². The molecule has 0 spiro atoms. The van der Waals surface area contributed by atoms with Gasteiger partial charge in [-0.15, -0.1) is 0 Å². The first-order valence-electron chi connectivity index (χ1n) is 18.8. The van der Waals surface area contributed by atoms with E-state index in [0.717, 1.165) is 45.6 Å². The summed E-state index contributed by atoms with van der Waals surface area (Å²) in [5.41, 5.74) is 5.57. The number of nitrogens with zero attached hydrogens (tertiary/aromatic N) is 8. The zero-order valence-electron chi connectivity index (χ0n) is 32.2. The molecule has 3 aliphatic rings. The number of rotatable bonds is 8. The van der Waals surface area contributed by atoms with Crippen LogP contribution in [-0.4, -0.2) is 73.0 Å². The molecule has 6 aromatic rings. The lowest BCUT2D eigenvalue weighted by Gasteiger charge is -2.44. The summed E-state index contributed by atoms with van der Waals surface area (Å²) in [6.07, 6.45) is 0. The van der Waals surface area contributed by atoms with E-state index in [1.54, 1.807) is 24.3 Å². The summed E-state index contributed by atoms with van der Waals surface area (Å²) in [5.74, 6) is 1.66. The second-order valence-corrected chi connectivity index (χ2v) is 15.9. The van der Waals surface area contributed by atoms with E-state index in [9.17, 15) is 22.9 Å². The summed E-state index contributed by atoms with van der Waals surface area (Å²) in [6, 6.07) is 32.2. The summed E-state index contributed by atoms with van der Waals surface area (Å²) in [4.78, 5) is 27.8. The molecule has 4 heterocycles. The Morgan fingerprint density at radius 2 is 1.49 bits per heavy atom. The number of amidine groups is 2. The largest absolute Gasteiger partial charge is 0.493 e. The highest BCUT2D eigenvalue weighted by molar-refractivity contribution is 7.87. The number of hydrogen-bond donors (Lipinski definition) is 0. The number of hydrogen-bond acceptors (Lipinski definition) is 12. The van der Waals surface area contributed by atoms with Gasteiger partial charge in [0.2, 0.25) is 0 Å². The minimum atomic E-state index is -4.51. The van der Waals surface area contributed by atoms with Gasteiger partial charge >= 0.3 is 10.1 Å². The van der Waals surface area contributed by atoms with Gasteiger partial charge in [0, 0.05) is 49.1 Å². The molecule has 298 valence electrons. The standard InChI is InChI=1S/C43H37FN8O6S/c1-27-13-19-33(26-36(27)52(53)54)59(55,56)58-37-20-14-29(25-38(37)57-3)40-39-28(2)47-51(32-9-5-4-6-10-32)41(39)46-43-42(45-34-11-7-8-12-35(34)50(40)43)49-23-21-48(22-24-49)31-17-15-30(44)16-18-31/h4-20,25-26,40H,21-24H2,1-3H3. The lowest BCUT2D eigenvalue weighted by Crippen LogP contribution is -2.55. The number of ether oxygens (including phenoxy) is 1. The van der Waals surface area contributed by atoms with E-state index in [1.807, 2.05) is 66.2 Å². The summed E-state index contributed by atoms with van der Waals surface area (Å²) in [6.45, 7) is 6.06. The molecule has 0 bridgehead atoms. The van der Waals surface area contributed by atoms with Crippen molar-refractivity contribution in [2.45, 2.75) is 24.8 Å². The van der Waals surface area contributed by atoms with Crippen molar-refractivity contribution in [2.75, 3.05) is 43.1 Å². The summed E-state index contributed by atoms with van der Waals surface area (Å²) in [7, 11) is -3.09. The monoisotopic (exact) mass is 812 g/mol. The molecule has 1 unspecified atom stereocenters. The van der Waals surface area contributed by atoms with Crippen LogP contribution in [-0.2, 0) is 10.1 Å². The van der Waals surface area contributed by atoms with Crippen molar-refractivity contribution in [3.05, 3.63) is 154 Å². The number of fused-ring (bicyclic) bond motifs is 4. The molecule has 16 heteroatoms. The Hall–Kier alpha value is -7.07. The molecular formula is C43H37FN8O6S. The number of anilines is 2. The fraction of sp³-hybridized carbons (Fsp3) is 0.186. The quantitative estimate of drug-likeness (QED) is 0.0847. The minimum absolute atomic E-state index is 0.0959. The van der Waals surface area contributed by atoms with Crippen molar-refractivity contribution in [1.82, 2.24) is 14.7 Å². The number of nitro benzene ring substituents is 1. The van der Waals surface area contributed by atoms with Gasteiger partial charge in [0.1, 0.15) is 10.7 Å². The first-order valence-corrected chi connectivity index (χ1v) is 20.3. The van der Waals surface area contributed by atoms with Crippen molar-refractivity contribution in [1.29, 1.82) is 0 Å². The second kappa shape index (κ2) is 14.7. The van der Waals surface area contributed by atoms with E-state index >= 15 is 0 Å². The average Bonchev–Trinajstić information content (AvgIpc) is 3.58. The Kier molecular flexibility index (Phi) is 9.35. The number of piperazine rings is 1. The lowest BCUT2D eigenvalue weighted by molar-refractivity contribution is -0.385. The first kappa shape index (κ1) is 37.5. The third-order valence-corrected chi connectivity index (χ3v) is 12.0. The number of para-hydroxylation sites is 3. The van der Waals surface area contributed by atoms with Crippen LogP contribution in [0.25, 0.3) is 5.69 Å². The number of benzene rings is 5. The van der Waals surface area contributed by atoms with Gasteiger partial charge in [-0.3, -0.25) is 10.1 Å². The smallest absolute Gasteiger partial charge is 0.339 e. The van der Waals surface area contributed by atoms with E-state index in [1.165, 1.54) is 44.4 Å². The molecule has 0 radical (unpaired) electrons. The molecule has 14 nitrogen and oxygen atoms in total. The lowest BCUT2D eigenvalue weighted by atomic mass is 9.93. The predicted octanol–water partition coefficient (Wildman–Crippen LogP) is 7.82. The van der Waals surface area contributed by atoms with Crippen LogP contribution in [0.2, 0.25) is 0 Å². The highest BCUT2D eigenvalue weighted by atomic mass is 32.2. The third-order valence-electron chi connectivity index (χ3n) is 10.8. The maximum Gasteiger partial charge on any atom is 0.339 e. The van der Waals surface area contributed by atoms with Gasteiger partial charge in [-0.25, -0.2) is 19.1 Å². The van der Waals surface area contributed by atoms with Crippen LogP contribution in [0.5, 0.6) is 11.5 Å². The van der Waals surface area contributed by atoms with Gasteiger partial charge in [0.05, 0.1) is 40.8 Å². The van der Waals surface area contributed by atoms with E-state index in [2.05, 4.69) is 14.7 Å². The minimum Gasteiger partial charge on any atom is -0.493 e. The zero-order valence-corrected chi connectivity index (χ0v) is 33.0. The molecule has 1 saturated heterocycles. The molecule has 1 fully saturated rings. The van der Waals surface area contributed by atoms with Gasteiger partial charge < -0.3 is 23.6 Å². The first-order chi connectivity index (χ1) is 28.5. The molecule has 0 N–H and O–H groups in total. The summed E-state index contributed by atoms with van der Waals surface area (Å²) in [5, 5.41) is 16.6. The number of aliphatic imine (C=N–C) groups is 2. The Bertz CT molecular complexity index is 2800. The SMILES string of the molecule is COc1cc(C2c3c(C)nn(-c4ccccc4)c3N=C3C(N4CCN(c5ccc(F)cc5)CC4)=Nc4ccccc4N32)ccc1OS(=O)(=O)c1ccc(C)c([N+](=O)[O-])c1. The van der Waals surface area contributed by atoms with Crippen molar-refractivity contribution < 1.29 is 26.7 Å². The van der Waals surface area contributed by atoms with E-state index in [4.69, 9.17) is 24.0 Å². The molecule has 0 amide bonds. The number of aromatic nitrogens is 2. The van der Waals surface area contributed by atoms with Crippen molar-refractivity contribution in [3.63, 3.8) is 0 Å². The van der Waals surface area contributed by atoms with Crippen molar-refractivity contribution in [3.8, 4) is 17.2 Å². The highest BCUT2D eigenvalue weighted by Gasteiger charge is 2.43. The van der Waals surface area contributed by atoms with Crippen LogP contribution in [0.1, 0.15) is 28.4 Å². The molecule has 0 saturated carbocycles. The van der Waals surface area contributed by atoms with E-state index in [0.29, 0.717) is 49.2 Å². The zero-order chi connectivity index (χ0) is 41.0. The maximum absolute atomic E-state index is 13.8. The molecule has 1 atom stereocenters. The van der Waals surface area contributed by atoms with Crippen LogP contribution >= 0.6 is 0 Å². The molecule has 5 aromatic carbocycles. The average molecular weight is 813 g/mol. The van der Waals surface area contributed by atoms with E-state index in [-0.39, 0.29) is 27.9 Å². The fourth-order valence-corrected chi connectivity index (χ4v) is 8.80. The van der Waals surface area contributed by atoms with Gasteiger partial charge in [0.25, 0.3) is 5.69 Å². The molecular weight excluding hydrogens is 776 g/mol. The normalized spacial score (nSPS) is 16.1. The Balaban J connectivity index is 1.15. The van der Waals surface area contributed by atoms with Crippen LogP contribution in [0.3, 0.4) is 0 Å². The van der Waals surface area contributed by atoms with Gasteiger partial charge in [-0.05, 0) is 86.1 Å². The summed E-state index contributed by atoms with van der Waals surface area (Å²) >= 11 is 0. The van der Waals surface area contributed by atoms with Crippen LogP contribution in [0.4, 0.5) is 33.0 Å². The predicted molar refractivity (Wildman–Crippen MR) is 222 cm³/mol. The Morgan fingerprint density at radius 3 is 2.22 bits per heavy atom. The van der Waals surface area contributed by atoms with Crippen LogP contribution in [0, 0.1) is 29.8 Å². The second-order valence-electron chi connectivity index (χ2n) is 14.3. The molecule has 9 rings (SSSR count). The third kappa shape index (κ3) is 6.70. The number of aryl methyl sites for hydroxylation is 2. The topological polar surface area (TPSA) is 148 Å². The maximum atomic E-state index is 13.8. The molecule has 0 aliphatic carbocycles. The van der Waals surface area contributed by atoms with Crippen molar-refractivity contribution in [2.24, 2.45) is 9.98 Å². The number of nitro groups is 1. The van der Waals surface area contributed by atoms with Crippen LogP contribution in [0.15, 0.2) is 130 Å². The number of methoxy groups -OCH3 is 1. The summed E-state index contributed by atoms with van der Waals surface area (Å²) < 4.78 is 54.1. The fourth-order valence-electron chi connectivity index (χ4n) is 7.83. The molecule has 1 aromatic heterocycles. The Labute approximate surface area is 339 Å². The molecule has 3 aliphatic heterocycles. The molecule has 59 heavy (non-hydrogen) atoms. The van der Waals surface area contributed by atoms with Crippen molar-refractivity contribution >= 4 is 50.4 Å². The van der Waals surface area contributed by atoms with Gasteiger partial charge in [-0.1, -0.05) is 42.5 Å². The number of halogens is 1.